The highest BCUT2D eigenvalue weighted by Crippen LogP contribution is 2.21. The first kappa shape index (κ1) is 15.1. The van der Waals surface area contributed by atoms with Crippen LogP contribution >= 0.6 is 0 Å². The number of ketones is 1. The van der Waals surface area contributed by atoms with Gasteiger partial charge in [0.2, 0.25) is 0 Å². The molecule has 0 heterocycles. The number of carbonyl (C=O) groups is 2. The fourth-order valence-corrected chi connectivity index (χ4v) is 1.52. The maximum Gasteiger partial charge on any atom is 0.260 e. The van der Waals surface area contributed by atoms with Gasteiger partial charge in [0.15, 0.2) is 11.9 Å². The van der Waals surface area contributed by atoms with Crippen molar-refractivity contribution in [3.8, 4) is 5.75 Å². The van der Waals surface area contributed by atoms with Crippen molar-refractivity contribution in [2.75, 3.05) is 6.54 Å². The molecule has 0 aliphatic heterocycles. The predicted octanol–water partition coefficient (Wildman–Crippen LogP) is 2.32. The van der Waals surface area contributed by atoms with E-state index in [0.29, 0.717) is 6.54 Å². The third kappa shape index (κ3) is 4.35. The molecule has 1 N–H and O–H groups in total. The SMILES string of the molecule is CCCNC(=O)C(C)Oc1ccc(F)cc1C(C)=O. The summed E-state index contributed by atoms with van der Waals surface area (Å²) in [6.07, 6.45) is 0.0864. The topological polar surface area (TPSA) is 55.4 Å². The van der Waals surface area contributed by atoms with Gasteiger partial charge < -0.3 is 10.1 Å². The summed E-state index contributed by atoms with van der Waals surface area (Å²) in [5, 5.41) is 2.69. The second kappa shape index (κ2) is 6.87. The lowest BCUT2D eigenvalue weighted by atomic mass is 10.1. The lowest BCUT2D eigenvalue weighted by Crippen LogP contribution is -2.36. The van der Waals surface area contributed by atoms with Crippen LogP contribution in [-0.2, 0) is 4.79 Å². The van der Waals surface area contributed by atoms with E-state index in [-0.39, 0.29) is 23.0 Å². The zero-order chi connectivity index (χ0) is 14.4. The molecule has 1 aromatic carbocycles. The summed E-state index contributed by atoms with van der Waals surface area (Å²) in [5.74, 6) is -0.870. The van der Waals surface area contributed by atoms with Crippen molar-refractivity contribution in [3.05, 3.63) is 29.6 Å². The molecule has 1 amide bonds. The van der Waals surface area contributed by atoms with Crippen molar-refractivity contribution in [1.29, 1.82) is 0 Å². The number of halogens is 1. The number of amides is 1. The standard InChI is InChI=1S/C14H18FNO3/c1-4-7-16-14(18)10(3)19-13-6-5-11(15)8-12(13)9(2)17/h5-6,8,10H,4,7H2,1-3H3,(H,16,18). The Morgan fingerprint density at radius 2 is 2.11 bits per heavy atom. The molecule has 0 saturated heterocycles. The Morgan fingerprint density at radius 3 is 2.68 bits per heavy atom. The Hall–Kier alpha value is -1.91. The molecule has 0 aromatic heterocycles. The molecule has 4 nitrogen and oxygen atoms in total. The number of Topliss-reactive ketones (excluding diaryl/α,β-unsaturated/α-hetero) is 1. The molecule has 0 radical (unpaired) electrons. The number of nitrogens with one attached hydrogen (secondary N) is 1. The average Bonchev–Trinajstić information content (AvgIpc) is 2.37. The zero-order valence-corrected chi connectivity index (χ0v) is 11.3. The van der Waals surface area contributed by atoms with Gasteiger partial charge in [0.05, 0.1) is 5.56 Å². The first-order valence-electron chi connectivity index (χ1n) is 6.20. The van der Waals surface area contributed by atoms with Crippen LogP contribution in [0, 0.1) is 5.82 Å². The van der Waals surface area contributed by atoms with E-state index in [4.69, 9.17) is 4.74 Å². The van der Waals surface area contributed by atoms with Crippen molar-refractivity contribution in [1.82, 2.24) is 5.32 Å². The number of ether oxygens (including phenoxy) is 1. The van der Waals surface area contributed by atoms with Gasteiger partial charge in [-0.25, -0.2) is 4.39 Å². The van der Waals surface area contributed by atoms with Gasteiger partial charge >= 0.3 is 0 Å². The Kier molecular flexibility index (Phi) is 5.48. The van der Waals surface area contributed by atoms with Crippen LogP contribution in [0.1, 0.15) is 37.6 Å². The van der Waals surface area contributed by atoms with Crippen molar-refractivity contribution in [3.63, 3.8) is 0 Å². The van der Waals surface area contributed by atoms with Crippen LogP contribution in [-0.4, -0.2) is 24.3 Å². The second-order valence-corrected chi connectivity index (χ2v) is 4.25. The third-order valence-corrected chi connectivity index (χ3v) is 2.54. The van der Waals surface area contributed by atoms with Gasteiger partial charge in [-0.3, -0.25) is 9.59 Å². The number of hydrogen-bond acceptors (Lipinski definition) is 3. The maximum atomic E-state index is 13.1. The van der Waals surface area contributed by atoms with Crippen molar-refractivity contribution in [2.24, 2.45) is 0 Å². The molecule has 0 aliphatic rings. The Labute approximate surface area is 112 Å². The summed E-state index contributed by atoms with van der Waals surface area (Å²) < 4.78 is 18.5. The van der Waals surface area contributed by atoms with Gasteiger partial charge in [-0.1, -0.05) is 6.92 Å². The number of benzene rings is 1. The summed E-state index contributed by atoms with van der Waals surface area (Å²) in [6, 6.07) is 3.66. The molecule has 0 fully saturated rings. The first-order valence-corrected chi connectivity index (χ1v) is 6.20. The highest BCUT2D eigenvalue weighted by molar-refractivity contribution is 5.97. The predicted molar refractivity (Wildman–Crippen MR) is 69.8 cm³/mol. The lowest BCUT2D eigenvalue weighted by Gasteiger charge is -2.16. The summed E-state index contributed by atoms with van der Waals surface area (Å²) in [7, 11) is 0. The normalized spacial score (nSPS) is 11.8. The van der Waals surface area contributed by atoms with E-state index in [1.54, 1.807) is 6.92 Å². The number of rotatable bonds is 6. The molecule has 1 rings (SSSR count). The Balaban J connectivity index is 2.81. The molecule has 1 aromatic rings. The molecule has 0 bridgehead atoms. The largest absolute Gasteiger partial charge is 0.480 e. The molecule has 1 atom stereocenters. The van der Waals surface area contributed by atoms with Crippen LogP contribution < -0.4 is 10.1 Å². The molecule has 0 saturated carbocycles. The molecule has 19 heavy (non-hydrogen) atoms. The van der Waals surface area contributed by atoms with Crippen molar-refractivity contribution in [2.45, 2.75) is 33.3 Å². The average molecular weight is 267 g/mol. The lowest BCUT2D eigenvalue weighted by molar-refractivity contribution is -0.127. The quantitative estimate of drug-likeness (QED) is 0.805. The van der Waals surface area contributed by atoms with Crippen LogP contribution in [0.25, 0.3) is 0 Å². The van der Waals surface area contributed by atoms with Crippen LogP contribution in [0.3, 0.4) is 0 Å². The van der Waals surface area contributed by atoms with E-state index in [2.05, 4.69) is 5.32 Å². The van der Waals surface area contributed by atoms with E-state index >= 15 is 0 Å². The van der Waals surface area contributed by atoms with Crippen LogP contribution in [0.5, 0.6) is 5.75 Å². The molecule has 1 unspecified atom stereocenters. The van der Waals surface area contributed by atoms with Crippen LogP contribution in [0.2, 0.25) is 0 Å². The van der Waals surface area contributed by atoms with E-state index in [1.165, 1.54) is 19.1 Å². The van der Waals surface area contributed by atoms with Crippen LogP contribution in [0.4, 0.5) is 4.39 Å². The van der Waals surface area contributed by atoms with Gasteiger partial charge in [0.25, 0.3) is 5.91 Å². The smallest absolute Gasteiger partial charge is 0.260 e. The molecule has 5 heteroatoms. The highest BCUT2D eigenvalue weighted by atomic mass is 19.1. The summed E-state index contributed by atoms with van der Waals surface area (Å²) in [6.45, 7) is 5.41. The van der Waals surface area contributed by atoms with Crippen molar-refractivity contribution >= 4 is 11.7 Å². The first-order chi connectivity index (χ1) is 8.95. The number of carbonyl (C=O) groups excluding carboxylic acids is 2. The van der Waals surface area contributed by atoms with Crippen LogP contribution in [0.15, 0.2) is 18.2 Å². The summed E-state index contributed by atoms with van der Waals surface area (Å²) in [4.78, 5) is 23.1. The highest BCUT2D eigenvalue weighted by Gasteiger charge is 2.17. The van der Waals surface area contributed by atoms with Crippen molar-refractivity contribution < 1.29 is 18.7 Å². The zero-order valence-electron chi connectivity index (χ0n) is 11.3. The maximum absolute atomic E-state index is 13.1. The summed E-state index contributed by atoms with van der Waals surface area (Å²) in [5.41, 5.74) is 0.134. The Bertz CT molecular complexity index is 474. The van der Waals surface area contributed by atoms with E-state index in [1.807, 2.05) is 6.92 Å². The fourth-order valence-electron chi connectivity index (χ4n) is 1.52. The monoisotopic (exact) mass is 267 g/mol. The van der Waals surface area contributed by atoms with Gasteiger partial charge in [-0.05, 0) is 38.5 Å². The minimum atomic E-state index is -0.741. The Morgan fingerprint density at radius 1 is 1.42 bits per heavy atom. The number of hydrogen-bond donors (Lipinski definition) is 1. The molecular weight excluding hydrogens is 249 g/mol. The molecule has 0 spiro atoms. The molecular formula is C14H18FNO3. The van der Waals surface area contributed by atoms with E-state index in [9.17, 15) is 14.0 Å². The minimum absolute atomic E-state index is 0.134. The van der Waals surface area contributed by atoms with Gasteiger partial charge in [0.1, 0.15) is 11.6 Å². The fraction of sp³-hybridized carbons (Fsp3) is 0.429. The second-order valence-electron chi connectivity index (χ2n) is 4.25. The van der Waals surface area contributed by atoms with Gasteiger partial charge in [-0.15, -0.1) is 0 Å². The summed E-state index contributed by atoms with van der Waals surface area (Å²) >= 11 is 0. The third-order valence-electron chi connectivity index (χ3n) is 2.54. The minimum Gasteiger partial charge on any atom is -0.480 e. The van der Waals surface area contributed by atoms with Gasteiger partial charge in [-0.2, -0.15) is 0 Å². The van der Waals surface area contributed by atoms with E-state index in [0.717, 1.165) is 12.5 Å². The molecule has 104 valence electrons. The van der Waals surface area contributed by atoms with Gasteiger partial charge in [0, 0.05) is 6.54 Å². The van der Waals surface area contributed by atoms with E-state index < -0.39 is 11.9 Å². The molecule has 0 aliphatic carbocycles.